The number of nitrogens with zero attached hydrogens (tertiary/aromatic N) is 1. The van der Waals surface area contributed by atoms with Crippen LogP contribution in [-0.2, 0) is 9.53 Å². The van der Waals surface area contributed by atoms with E-state index in [4.69, 9.17) is 4.74 Å². The fourth-order valence-corrected chi connectivity index (χ4v) is 1.35. The van der Waals surface area contributed by atoms with Gasteiger partial charge in [0.05, 0.1) is 12.5 Å². The molecule has 0 fully saturated rings. The minimum Gasteiger partial charge on any atom is -0.466 e. The van der Waals surface area contributed by atoms with E-state index in [0.29, 0.717) is 6.61 Å². The maximum Gasteiger partial charge on any atom is 0.313 e. The van der Waals surface area contributed by atoms with Gasteiger partial charge in [-0.25, -0.2) is 0 Å². The molecule has 0 saturated heterocycles. The SMILES string of the molecule is CCOC(=O)C(C)c1cccnc1C. The first-order valence-corrected chi connectivity index (χ1v) is 4.75. The lowest BCUT2D eigenvalue weighted by Gasteiger charge is -2.12. The van der Waals surface area contributed by atoms with E-state index in [9.17, 15) is 4.79 Å². The number of esters is 1. The van der Waals surface area contributed by atoms with Crippen molar-refractivity contribution in [1.82, 2.24) is 4.98 Å². The van der Waals surface area contributed by atoms with E-state index in [1.54, 1.807) is 13.1 Å². The number of aryl methyl sites for hydroxylation is 1. The monoisotopic (exact) mass is 193 g/mol. The molecular weight excluding hydrogens is 178 g/mol. The van der Waals surface area contributed by atoms with E-state index in [1.807, 2.05) is 26.0 Å². The molecule has 1 atom stereocenters. The number of carbonyl (C=O) groups excluding carboxylic acids is 1. The Balaban J connectivity index is 2.84. The van der Waals surface area contributed by atoms with Crippen molar-refractivity contribution in [1.29, 1.82) is 0 Å². The van der Waals surface area contributed by atoms with E-state index >= 15 is 0 Å². The van der Waals surface area contributed by atoms with Crippen LogP contribution < -0.4 is 0 Å². The van der Waals surface area contributed by atoms with Crippen LogP contribution in [0, 0.1) is 6.92 Å². The molecule has 1 aromatic heterocycles. The number of hydrogen-bond acceptors (Lipinski definition) is 3. The van der Waals surface area contributed by atoms with Gasteiger partial charge >= 0.3 is 5.97 Å². The van der Waals surface area contributed by atoms with Crippen molar-refractivity contribution in [3.05, 3.63) is 29.6 Å². The number of carbonyl (C=O) groups is 1. The number of ether oxygens (including phenoxy) is 1. The number of pyridine rings is 1. The molecule has 0 aliphatic carbocycles. The van der Waals surface area contributed by atoms with E-state index in [-0.39, 0.29) is 11.9 Å². The smallest absolute Gasteiger partial charge is 0.313 e. The lowest BCUT2D eigenvalue weighted by atomic mass is 10.0. The molecule has 1 aromatic rings. The summed E-state index contributed by atoms with van der Waals surface area (Å²) < 4.78 is 4.95. The van der Waals surface area contributed by atoms with Gasteiger partial charge in [-0.05, 0) is 32.4 Å². The third kappa shape index (κ3) is 2.31. The van der Waals surface area contributed by atoms with Crippen LogP contribution in [0.3, 0.4) is 0 Å². The third-order valence-electron chi connectivity index (χ3n) is 2.15. The van der Waals surface area contributed by atoms with E-state index < -0.39 is 0 Å². The highest BCUT2D eigenvalue weighted by molar-refractivity contribution is 5.77. The Labute approximate surface area is 84.1 Å². The molecule has 0 amide bonds. The van der Waals surface area contributed by atoms with Gasteiger partial charge in [0.2, 0.25) is 0 Å². The maximum atomic E-state index is 11.4. The Hall–Kier alpha value is -1.38. The zero-order chi connectivity index (χ0) is 10.6. The third-order valence-corrected chi connectivity index (χ3v) is 2.15. The van der Waals surface area contributed by atoms with Crippen LogP contribution in [0.1, 0.15) is 31.0 Å². The molecular formula is C11H15NO2. The van der Waals surface area contributed by atoms with E-state index in [1.165, 1.54) is 0 Å². The van der Waals surface area contributed by atoms with Gasteiger partial charge in [-0.2, -0.15) is 0 Å². The minimum atomic E-state index is -0.233. The van der Waals surface area contributed by atoms with Gasteiger partial charge in [0, 0.05) is 11.9 Å². The lowest BCUT2D eigenvalue weighted by molar-refractivity contribution is -0.144. The molecule has 76 valence electrons. The van der Waals surface area contributed by atoms with Crippen molar-refractivity contribution in [2.75, 3.05) is 6.61 Å². The first-order valence-electron chi connectivity index (χ1n) is 4.75. The van der Waals surface area contributed by atoms with Crippen LogP contribution in [0.25, 0.3) is 0 Å². The fraction of sp³-hybridized carbons (Fsp3) is 0.455. The predicted molar refractivity (Wildman–Crippen MR) is 54.0 cm³/mol. The molecule has 0 bridgehead atoms. The van der Waals surface area contributed by atoms with Gasteiger partial charge in [-0.3, -0.25) is 9.78 Å². The molecule has 1 heterocycles. The van der Waals surface area contributed by atoms with Crippen LogP contribution in [0.15, 0.2) is 18.3 Å². The Bertz CT molecular complexity index is 323. The second kappa shape index (κ2) is 4.74. The highest BCUT2D eigenvalue weighted by Crippen LogP contribution is 2.18. The van der Waals surface area contributed by atoms with Crippen molar-refractivity contribution in [2.45, 2.75) is 26.7 Å². The molecule has 1 rings (SSSR count). The number of aromatic nitrogens is 1. The van der Waals surface area contributed by atoms with Crippen LogP contribution in [0.4, 0.5) is 0 Å². The Morgan fingerprint density at radius 2 is 2.36 bits per heavy atom. The summed E-state index contributed by atoms with van der Waals surface area (Å²) in [6.45, 7) is 5.95. The van der Waals surface area contributed by atoms with Gasteiger partial charge in [-0.1, -0.05) is 6.07 Å². The molecule has 0 N–H and O–H groups in total. The lowest BCUT2D eigenvalue weighted by Crippen LogP contribution is -2.14. The van der Waals surface area contributed by atoms with Gasteiger partial charge in [0.1, 0.15) is 0 Å². The first kappa shape index (κ1) is 10.7. The van der Waals surface area contributed by atoms with Crippen LogP contribution in [0.2, 0.25) is 0 Å². The molecule has 0 aliphatic heterocycles. The Morgan fingerprint density at radius 3 is 2.93 bits per heavy atom. The molecule has 14 heavy (non-hydrogen) atoms. The van der Waals surface area contributed by atoms with Crippen molar-refractivity contribution in [3.8, 4) is 0 Å². The van der Waals surface area contributed by atoms with Gasteiger partial charge in [0.25, 0.3) is 0 Å². The summed E-state index contributed by atoms with van der Waals surface area (Å²) in [6, 6.07) is 3.74. The molecule has 3 heteroatoms. The van der Waals surface area contributed by atoms with Crippen molar-refractivity contribution < 1.29 is 9.53 Å². The highest BCUT2D eigenvalue weighted by Gasteiger charge is 2.17. The number of rotatable bonds is 3. The fourth-order valence-electron chi connectivity index (χ4n) is 1.35. The van der Waals surface area contributed by atoms with Crippen molar-refractivity contribution in [2.24, 2.45) is 0 Å². The molecule has 3 nitrogen and oxygen atoms in total. The van der Waals surface area contributed by atoms with Crippen molar-refractivity contribution >= 4 is 5.97 Å². The quantitative estimate of drug-likeness (QED) is 0.690. The topological polar surface area (TPSA) is 39.2 Å². The van der Waals surface area contributed by atoms with Crippen LogP contribution in [0.5, 0.6) is 0 Å². The zero-order valence-electron chi connectivity index (χ0n) is 8.78. The first-order chi connectivity index (χ1) is 6.66. The summed E-state index contributed by atoms with van der Waals surface area (Å²) in [7, 11) is 0. The van der Waals surface area contributed by atoms with Gasteiger partial charge in [0.15, 0.2) is 0 Å². The molecule has 0 aliphatic rings. The maximum absolute atomic E-state index is 11.4. The minimum absolute atomic E-state index is 0.191. The van der Waals surface area contributed by atoms with E-state index in [2.05, 4.69) is 4.98 Å². The Morgan fingerprint density at radius 1 is 1.64 bits per heavy atom. The Kier molecular flexibility index (Phi) is 3.63. The van der Waals surface area contributed by atoms with Gasteiger partial charge in [-0.15, -0.1) is 0 Å². The zero-order valence-corrected chi connectivity index (χ0v) is 8.78. The predicted octanol–water partition coefficient (Wildman–Crippen LogP) is 2.06. The van der Waals surface area contributed by atoms with Crippen molar-refractivity contribution in [3.63, 3.8) is 0 Å². The molecule has 0 aromatic carbocycles. The standard InChI is InChI=1S/C11H15NO2/c1-4-14-11(13)8(2)10-6-5-7-12-9(10)3/h5-8H,4H2,1-3H3. The average molecular weight is 193 g/mol. The summed E-state index contributed by atoms with van der Waals surface area (Å²) >= 11 is 0. The number of hydrogen-bond donors (Lipinski definition) is 0. The molecule has 1 unspecified atom stereocenters. The summed E-state index contributed by atoms with van der Waals surface area (Å²) in [5.74, 6) is -0.424. The second-order valence-electron chi connectivity index (χ2n) is 3.15. The average Bonchev–Trinajstić information content (AvgIpc) is 2.18. The van der Waals surface area contributed by atoms with Gasteiger partial charge < -0.3 is 4.74 Å². The van der Waals surface area contributed by atoms with Crippen LogP contribution >= 0.6 is 0 Å². The molecule has 0 spiro atoms. The highest BCUT2D eigenvalue weighted by atomic mass is 16.5. The molecule has 0 radical (unpaired) electrons. The summed E-state index contributed by atoms with van der Waals surface area (Å²) in [5.41, 5.74) is 1.82. The summed E-state index contributed by atoms with van der Waals surface area (Å²) in [4.78, 5) is 15.6. The summed E-state index contributed by atoms with van der Waals surface area (Å²) in [6.07, 6.45) is 1.72. The largest absolute Gasteiger partial charge is 0.466 e. The normalized spacial score (nSPS) is 12.2. The van der Waals surface area contributed by atoms with Crippen LogP contribution in [-0.4, -0.2) is 17.6 Å². The van der Waals surface area contributed by atoms with E-state index in [0.717, 1.165) is 11.3 Å². The summed E-state index contributed by atoms with van der Waals surface area (Å²) in [5, 5.41) is 0. The molecule has 0 saturated carbocycles. The second-order valence-corrected chi connectivity index (χ2v) is 3.15.